The number of carbonyl (C=O) groups excluding carboxylic acids is 2. The standard InChI is InChI=1S/C25H43NO5/c1-3-4-5-6-7-13-23(2)30-21-12-15-24(14-11-20-29-22-27)31-25(28)16-10-19-26-17-8-9-18-26/h3,22,24H,1-2,4-21H2. The minimum Gasteiger partial charge on any atom is -0.499 e. The molecule has 6 nitrogen and oxygen atoms in total. The summed E-state index contributed by atoms with van der Waals surface area (Å²) in [5.74, 6) is 0.693. The summed E-state index contributed by atoms with van der Waals surface area (Å²) in [4.78, 5) is 25.0. The minimum atomic E-state index is -0.162. The predicted octanol–water partition coefficient (Wildman–Crippen LogP) is 5.17. The summed E-state index contributed by atoms with van der Waals surface area (Å²) >= 11 is 0. The van der Waals surface area contributed by atoms with E-state index in [1.165, 1.54) is 12.8 Å². The number of nitrogens with zero attached hydrogens (tertiary/aromatic N) is 1. The van der Waals surface area contributed by atoms with Crippen LogP contribution in [-0.2, 0) is 23.8 Å². The van der Waals surface area contributed by atoms with E-state index in [-0.39, 0.29) is 12.1 Å². The van der Waals surface area contributed by atoms with Crippen LogP contribution < -0.4 is 0 Å². The maximum absolute atomic E-state index is 12.3. The van der Waals surface area contributed by atoms with Gasteiger partial charge in [0.2, 0.25) is 0 Å². The lowest BCUT2D eigenvalue weighted by Crippen LogP contribution is -2.23. The largest absolute Gasteiger partial charge is 0.499 e. The first-order valence-electron chi connectivity index (χ1n) is 12.0. The molecule has 0 aromatic heterocycles. The van der Waals surface area contributed by atoms with Crippen molar-refractivity contribution in [2.24, 2.45) is 0 Å². The Kier molecular flexibility index (Phi) is 16.6. The Hall–Kier alpha value is -1.82. The molecule has 0 spiro atoms. The van der Waals surface area contributed by atoms with E-state index in [1.54, 1.807) is 0 Å². The van der Waals surface area contributed by atoms with Gasteiger partial charge in [-0.05, 0) is 83.8 Å². The molecule has 1 aliphatic heterocycles. The molecule has 1 atom stereocenters. The first-order valence-corrected chi connectivity index (χ1v) is 12.0. The Morgan fingerprint density at radius 1 is 0.968 bits per heavy atom. The van der Waals surface area contributed by atoms with Crippen molar-refractivity contribution in [1.29, 1.82) is 0 Å². The molecular formula is C25H43NO5. The second-order valence-electron chi connectivity index (χ2n) is 8.29. The number of likely N-dealkylation sites (tertiary alicyclic amines) is 1. The molecule has 6 heteroatoms. The molecule has 1 unspecified atom stereocenters. The van der Waals surface area contributed by atoms with E-state index in [0.29, 0.717) is 38.9 Å². The number of hydrogen-bond donors (Lipinski definition) is 0. The molecule has 1 rings (SSSR count). The summed E-state index contributed by atoms with van der Waals surface area (Å²) in [6.07, 6.45) is 13.9. The molecule has 1 saturated heterocycles. The van der Waals surface area contributed by atoms with Crippen LogP contribution in [0.3, 0.4) is 0 Å². The highest BCUT2D eigenvalue weighted by molar-refractivity contribution is 5.69. The number of ether oxygens (including phenoxy) is 3. The fraction of sp³-hybridized carbons (Fsp3) is 0.760. The summed E-state index contributed by atoms with van der Waals surface area (Å²) in [6, 6.07) is 0. The zero-order chi connectivity index (χ0) is 22.6. The van der Waals surface area contributed by atoms with Gasteiger partial charge in [-0.3, -0.25) is 9.59 Å². The fourth-order valence-electron chi connectivity index (χ4n) is 3.79. The predicted molar refractivity (Wildman–Crippen MR) is 124 cm³/mol. The molecule has 1 aliphatic rings. The number of rotatable bonds is 21. The van der Waals surface area contributed by atoms with Gasteiger partial charge in [-0.15, -0.1) is 6.58 Å². The van der Waals surface area contributed by atoms with Crippen LogP contribution in [0.2, 0.25) is 0 Å². The SMILES string of the molecule is C=CCCCCCC(=C)OCCCC(CCCOC=O)OC(=O)CCCN1CCCC1. The monoisotopic (exact) mass is 437 g/mol. The molecule has 0 radical (unpaired) electrons. The zero-order valence-corrected chi connectivity index (χ0v) is 19.4. The van der Waals surface area contributed by atoms with E-state index in [9.17, 15) is 9.59 Å². The van der Waals surface area contributed by atoms with Gasteiger partial charge in [-0.25, -0.2) is 0 Å². The van der Waals surface area contributed by atoms with Crippen molar-refractivity contribution in [3.63, 3.8) is 0 Å². The summed E-state index contributed by atoms with van der Waals surface area (Å²) in [5.41, 5.74) is 0. The van der Waals surface area contributed by atoms with Gasteiger partial charge in [0.25, 0.3) is 6.47 Å². The van der Waals surface area contributed by atoms with Gasteiger partial charge in [0, 0.05) is 12.8 Å². The van der Waals surface area contributed by atoms with E-state index in [4.69, 9.17) is 14.2 Å². The summed E-state index contributed by atoms with van der Waals surface area (Å²) in [5, 5.41) is 0. The fourth-order valence-corrected chi connectivity index (χ4v) is 3.79. The Bertz CT molecular complexity index is 502. The molecule has 0 aromatic rings. The van der Waals surface area contributed by atoms with E-state index in [0.717, 1.165) is 76.8 Å². The minimum absolute atomic E-state index is 0.134. The van der Waals surface area contributed by atoms with Crippen molar-refractivity contribution in [2.45, 2.75) is 89.6 Å². The molecule has 0 amide bonds. The van der Waals surface area contributed by atoms with Gasteiger partial charge in [-0.2, -0.15) is 0 Å². The summed E-state index contributed by atoms with van der Waals surface area (Å²) in [6.45, 7) is 12.4. The van der Waals surface area contributed by atoms with Crippen LogP contribution in [0.1, 0.15) is 83.5 Å². The summed E-state index contributed by atoms with van der Waals surface area (Å²) in [7, 11) is 0. The van der Waals surface area contributed by atoms with Crippen LogP contribution in [0.4, 0.5) is 0 Å². The number of unbranched alkanes of at least 4 members (excludes halogenated alkanes) is 3. The average molecular weight is 438 g/mol. The van der Waals surface area contributed by atoms with Crippen molar-refractivity contribution < 1.29 is 23.8 Å². The van der Waals surface area contributed by atoms with E-state index in [1.807, 2.05) is 6.08 Å². The van der Waals surface area contributed by atoms with Gasteiger partial charge < -0.3 is 19.1 Å². The van der Waals surface area contributed by atoms with Gasteiger partial charge in [0.05, 0.1) is 19.0 Å². The Labute approximate surface area is 189 Å². The summed E-state index contributed by atoms with van der Waals surface area (Å²) < 4.78 is 16.2. The smallest absolute Gasteiger partial charge is 0.306 e. The van der Waals surface area contributed by atoms with Gasteiger partial charge in [0.15, 0.2) is 0 Å². The maximum Gasteiger partial charge on any atom is 0.306 e. The lowest BCUT2D eigenvalue weighted by Gasteiger charge is -2.19. The quantitative estimate of drug-likeness (QED) is 0.0811. The first-order chi connectivity index (χ1) is 15.2. The molecule has 0 saturated carbocycles. The second kappa shape index (κ2) is 18.9. The molecule has 31 heavy (non-hydrogen) atoms. The van der Waals surface area contributed by atoms with Crippen LogP contribution in [-0.4, -0.2) is 56.3 Å². The molecular weight excluding hydrogens is 394 g/mol. The van der Waals surface area contributed by atoms with Gasteiger partial charge in [-0.1, -0.05) is 19.1 Å². The second-order valence-corrected chi connectivity index (χ2v) is 8.29. The van der Waals surface area contributed by atoms with Gasteiger partial charge >= 0.3 is 5.97 Å². The Morgan fingerprint density at radius 3 is 2.42 bits per heavy atom. The van der Waals surface area contributed by atoms with Crippen LogP contribution in [0.15, 0.2) is 25.0 Å². The maximum atomic E-state index is 12.3. The molecule has 0 aromatic carbocycles. The van der Waals surface area contributed by atoms with Crippen LogP contribution in [0.25, 0.3) is 0 Å². The number of carbonyl (C=O) groups is 2. The van der Waals surface area contributed by atoms with E-state index >= 15 is 0 Å². The molecule has 178 valence electrons. The molecule has 1 fully saturated rings. The van der Waals surface area contributed by atoms with Gasteiger partial charge in [0.1, 0.15) is 6.10 Å². The number of hydrogen-bond acceptors (Lipinski definition) is 6. The highest BCUT2D eigenvalue weighted by Crippen LogP contribution is 2.15. The Balaban J connectivity index is 2.21. The van der Waals surface area contributed by atoms with Crippen molar-refractivity contribution >= 4 is 12.4 Å². The topological polar surface area (TPSA) is 65.1 Å². The van der Waals surface area contributed by atoms with Crippen LogP contribution in [0, 0.1) is 0 Å². The van der Waals surface area contributed by atoms with E-state index in [2.05, 4.69) is 18.1 Å². The average Bonchev–Trinajstić information content (AvgIpc) is 3.27. The van der Waals surface area contributed by atoms with Crippen molar-refractivity contribution in [2.75, 3.05) is 32.8 Å². The third-order valence-corrected chi connectivity index (χ3v) is 5.55. The van der Waals surface area contributed by atoms with Crippen molar-refractivity contribution in [3.05, 3.63) is 25.0 Å². The highest BCUT2D eigenvalue weighted by Gasteiger charge is 2.16. The van der Waals surface area contributed by atoms with Crippen molar-refractivity contribution in [1.82, 2.24) is 4.90 Å². The highest BCUT2D eigenvalue weighted by atomic mass is 16.5. The van der Waals surface area contributed by atoms with Crippen LogP contribution >= 0.6 is 0 Å². The molecule has 0 N–H and O–H groups in total. The zero-order valence-electron chi connectivity index (χ0n) is 19.4. The Morgan fingerprint density at radius 2 is 1.71 bits per heavy atom. The van der Waals surface area contributed by atoms with Crippen LogP contribution in [0.5, 0.6) is 0 Å². The third kappa shape index (κ3) is 15.6. The lowest BCUT2D eigenvalue weighted by atomic mass is 10.1. The van der Waals surface area contributed by atoms with Crippen molar-refractivity contribution in [3.8, 4) is 0 Å². The first kappa shape index (κ1) is 27.2. The molecule has 0 aliphatic carbocycles. The third-order valence-electron chi connectivity index (χ3n) is 5.55. The molecule has 0 bridgehead atoms. The van der Waals surface area contributed by atoms with E-state index < -0.39 is 0 Å². The normalized spacial score (nSPS) is 14.7. The molecule has 1 heterocycles. The number of esters is 1. The lowest BCUT2D eigenvalue weighted by molar-refractivity contribution is -0.150. The number of allylic oxidation sites excluding steroid dienone is 2.